The topological polar surface area (TPSA) is 116 Å². The average molecular weight is 249 g/mol. The molecule has 0 unspecified atom stereocenters. The van der Waals surface area contributed by atoms with Crippen LogP contribution < -0.4 is 11.3 Å². The molecule has 2 aromatic rings. The lowest BCUT2D eigenvalue weighted by atomic mass is 10.2. The van der Waals surface area contributed by atoms with Gasteiger partial charge in [-0.3, -0.25) is 25.0 Å². The minimum absolute atomic E-state index is 0.00692. The van der Waals surface area contributed by atoms with Gasteiger partial charge in [0.05, 0.1) is 23.2 Å². The molecule has 0 fully saturated rings. The van der Waals surface area contributed by atoms with Crippen LogP contribution in [0.1, 0.15) is 6.42 Å². The zero-order valence-corrected chi connectivity index (χ0v) is 9.37. The van der Waals surface area contributed by atoms with Crippen LogP contribution in [0.3, 0.4) is 0 Å². The highest BCUT2D eigenvalue weighted by atomic mass is 16.6. The molecule has 0 saturated carbocycles. The lowest BCUT2D eigenvalue weighted by Crippen LogP contribution is -2.30. The fourth-order valence-electron chi connectivity index (χ4n) is 1.63. The number of nitrogens with one attached hydrogen (secondary N) is 1. The van der Waals surface area contributed by atoms with E-state index in [9.17, 15) is 14.9 Å². The molecule has 1 heterocycles. The van der Waals surface area contributed by atoms with Gasteiger partial charge in [0, 0.05) is 23.9 Å². The number of nitrogens with zero attached hydrogens (tertiary/aromatic N) is 3. The van der Waals surface area contributed by atoms with Gasteiger partial charge in [-0.25, -0.2) is 5.84 Å². The van der Waals surface area contributed by atoms with Gasteiger partial charge in [0.2, 0.25) is 5.91 Å². The molecule has 0 saturated heterocycles. The van der Waals surface area contributed by atoms with E-state index in [1.807, 2.05) is 5.43 Å². The van der Waals surface area contributed by atoms with E-state index in [-0.39, 0.29) is 18.0 Å². The van der Waals surface area contributed by atoms with E-state index in [1.54, 1.807) is 12.3 Å². The van der Waals surface area contributed by atoms with Crippen molar-refractivity contribution in [2.75, 3.05) is 0 Å². The van der Waals surface area contributed by atoms with Crippen LogP contribution in [0.2, 0.25) is 0 Å². The molecular formula is C10H11N5O3. The average Bonchev–Trinajstić information content (AvgIpc) is 2.78. The summed E-state index contributed by atoms with van der Waals surface area (Å²) < 4.78 is 1.54. The highest BCUT2D eigenvalue weighted by Crippen LogP contribution is 2.20. The van der Waals surface area contributed by atoms with Crippen molar-refractivity contribution in [3.63, 3.8) is 0 Å². The predicted octanol–water partition coefficient (Wildman–Crippen LogP) is 0.324. The van der Waals surface area contributed by atoms with Crippen molar-refractivity contribution >= 4 is 22.5 Å². The van der Waals surface area contributed by atoms with E-state index in [1.165, 1.54) is 16.8 Å². The van der Waals surface area contributed by atoms with Gasteiger partial charge in [0.25, 0.3) is 5.69 Å². The molecule has 18 heavy (non-hydrogen) atoms. The molecule has 0 atom stereocenters. The highest BCUT2D eigenvalue weighted by molar-refractivity contribution is 5.81. The minimum Gasteiger partial charge on any atom is -0.294 e. The first-order chi connectivity index (χ1) is 8.61. The maximum Gasteiger partial charge on any atom is 0.271 e. The van der Waals surface area contributed by atoms with Crippen LogP contribution in [0, 0.1) is 10.1 Å². The van der Waals surface area contributed by atoms with Gasteiger partial charge < -0.3 is 0 Å². The Labute approximate surface area is 101 Å². The molecule has 0 radical (unpaired) electrons. The minimum atomic E-state index is -0.469. The van der Waals surface area contributed by atoms with Gasteiger partial charge in [-0.2, -0.15) is 5.10 Å². The summed E-state index contributed by atoms with van der Waals surface area (Å²) in [6.45, 7) is 0.313. The summed E-state index contributed by atoms with van der Waals surface area (Å²) in [5.41, 5.74) is 2.63. The highest BCUT2D eigenvalue weighted by Gasteiger charge is 2.10. The molecule has 0 aliphatic rings. The normalized spacial score (nSPS) is 10.5. The standard InChI is InChI=1S/C10H11N5O3/c11-13-10(16)3-4-14-9-5-8(15(17)18)2-1-7(9)6-12-14/h1-2,5-6H,3-4,11H2,(H,13,16). The van der Waals surface area contributed by atoms with Crippen LogP contribution in [-0.2, 0) is 11.3 Å². The van der Waals surface area contributed by atoms with E-state index >= 15 is 0 Å². The number of fused-ring (bicyclic) bond motifs is 1. The summed E-state index contributed by atoms with van der Waals surface area (Å²) in [4.78, 5) is 21.2. The smallest absolute Gasteiger partial charge is 0.271 e. The number of carbonyl (C=O) groups is 1. The predicted molar refractivity (Wildman–Crippen MR) is 63.3 cm³/mol. The second-order valence-corrected chi connectivity index (χ2v) is 3.69. The van der Waals surface area contributed by atoms with E-state index in [2.05, 4.69) is 5.10 Å². The third-order valence-corrected chi connectivity index (χ3v) is 2.55. The van der Waals surface area contributed by atoms with Crippen molar-refractivity contribution in [3.8, 4) is 0 Å². The number of non-ortho nitro benzene ring substituents is 1. The number of rotatable bonds is 4. The van der Waals surface area contributed by atoms with Crippen LogP contribution in [0.5, 0.6) is 0 Å². The van der Waals surface area contributed by atoms with Crippen molar-refractivity contribution in [2.45, 2.75) is 13.0 Å². The van der Waals surface area contributed by atoms with Gasteiger partial charge in [-0.15, -0.1) is 0 Å². The van der Waals surface area contributed by atoms with Crippen molar-refractivity contribution < 1.29 is 9.72 Å². The van der Waals surface area contributed by atoms with Gasteiger partial charge in [-0.05, 0) is 6.07 Å². The van der Waals surface area contributed by atoms with Crippen molar-refractivity contribution in [3.05, 3.63) is 34.5 Å². The third-order valence-electron chi connectivity index (χ3n) is 2.55. The summed E-state index contributed by atoms with van der Waals surface area (Å²) in [6.07, 6.45) is 1.76. The van der Waals surface area contributed by atoms with Crippen molar-refractivity contribution in [1.29, 1.82) is 0 Å². The molecule has 0 aliphatic carbocycles. The van der Waals surface area contributed by atoms with Crippen LogP contribution in [0.25, 0.3) is 10.9 Å². The number of nitro groups is 1. The summed E-state index contributed by atoms with van der Waals surface area (Å²) in [5.74, 6) is 4.65. The molecule has 0 aliphatic heterocycles. The number of hydrazine groups is 1. The molecule has 3 N–H and O–H groups in total. The maximum atomic E-state index is 11.0. The summed E-state index contributed by atoms with van der Waals surface area (Å²) in [7, 11) is 0. The fraction of sp³-hybridized carbons (Fsp3) is 0.200. The van der Waals surface area contributed by atoms with E-state index < -0.39 is 4.92 Å². The van der Waals surface area contributed by atoms with Crippen LogP contribution in [-0.4, -0.2) is 20.6 Å². The summed E-state index contributed by atoms with van der Waals surface area (Å²) in [5, 5.41) is 15.5. The maximum absolute atomic E-state index is 11.0. The molecule has 1 amide bonds. The molecule has 2 rings (SSSR count). The number of aromatic nitrogens is 2. The molecule has 8 nitrogen and oxygen atoms in total. The molecule has 1 aromatic heterocycles. The Morgan fingerprint density at radius 3 is 3.00 bits per heavy atom. The van der Waals surface area contributed by atoms with Gasteiger partial charge in [0.15, 0.2) is 0 Å². The van der Waals surface area contributed by atoms with Crippen LogP contribution >= 0.6 is 0 Å². The number of nitrogens with two attached hydrogens (primary N) is 1. The van der Waals surface area contributed by atoms with E-state index in [4.69, 9.17) is 5.84 Å². The van der Waals surface area contributed by atoms with Crippen LogP contribution in [0.4, 0.5) is 5.69 Å². The van der Waals surface area contributed by atoms with Crippen molar-refractivity contribution in [1.82, 2.24) is 15.2 Å². The number of hydrogen-bond acceptors (Lipinski definition) is 5. The fourth-order valence-corrected chi connectivity index (χ4v) is 1.63. The molecule has 8 heteroatoms. The Balaban J connectivity index is 2.30. The molecule has 94 valence electrons. The number of nitro benzene ring substituents is 1. The Morgan fingerprint density at radius 1 is 1.56 bits per heavy atom. The van der Waals surface area contributed by atoms with Crippen molar-refractivity contribution in [2.24, 2.45) is 5.84 Å². The summed E-state index contributed by atoms with van der Waals surface area (Å²) in [6, 6.07) is 4.48. The Bertz CT molecular complexity index is 607. The lowest BCUT2D eigenvalue weighted by Gasteiger charge is -2.02. The molecule has 0 spiro atoms. The second-order valence-electron chi connectivity index (χ2n) is 3.69. The first-order valence-electron chi connectivity index (χ1n) is 5.21. The van der Waals surface area contributed by atoms with E-state index in [0.717, 1.165) is 5.39 Å². The zero-order valence-electron chi connectivity index (χ0n) is 9.37. The second kappa shape index (κ2) is 4.80. The first-order valence-corrected chi connectivity index (χ1v) is 5.21. The molecular weight excluding hydrogens is 238 g/mol. The number of hydrogen-bond donors (Lipinski definition) is 2. The monoisotopic (exact) mass is 249 g/mol. The Kier molecular flexibility index (Phi) is 3.20. The zero-order chi connectivity index (χ0) is 13.1. The van der Waals surface area contributed by atoms with Crippen LogP contribution in [0.15, 0.2) is 24.4 Å². The lowest BCUT2D eigenvalue weighted by molar-refractivity contribution is -0.384. The Morgan fingerprint density at radius 2 is 2.33 bits per heavy atom. The largest absolute Gasteiger partial charge is 0.294 e. The first kappa shape index (κ1) is 12.0. The number of amides is 1. The third kappa shape index (κ3) is 2.28. The SMILES string of the molecule is NNC(=O)CCn1ncc2ccc([N+](=O)[O-])cc21. The molecule has 1 aromatic carbocycles. The number of benzene rings is 1. The quantitative estimate of drug-likeness (QED) is 0.350. The number of carbonyl (C=O) groups excluding carboxylic acids is 1. The van der Waals surface area contributed by atoms with Gasteiger partial charge in [0.1, 0.15) is 0 Å². The Hall–Kier alpha value is -2.48. The van der Waals surface area contributed by atoms with E-state index in [0.29, 0.717) is 12.1 Å². The van der Waals surface area contributed by atoms with Gasteiger partial charge >= 0.3 is 0 Å². The van der Waals surface area contributed by atoms with Gasteiger partial charge in [-0.1, -0.05) is 0 Å². The molecule has 0 bridgehead atoms. The number of aryl methyl sites for hydroxylation is 1. The summed E-state index contributed by atoms with van der Waals surface area (Å²) >= 11 is 0.